The van der Waals surface area contributed by atoms with Crippen LogP contribution in [0.5, 0.6) is 0 Å². The first-order valence-corrected chi connectivity index (χ1v) is 8.67. The molecule has 0 aliphatic heterocycles. The summed E-state index contributed by atoms with van der Waals surface area (Å²) in [6.07, 6.45) is 4.79. The predicted molar refractivity (Wildman–Crippen MR) is 88.8 cm³/mol. The SMILES string of the molecule is CCCNC1CCCc2nc(-c3cc(C)nc(C)c3)sc21. The molecule has 1 unspecified atom stereocenters. The quantitative estimate of drug-likeness (QED) is 0.919. The van der Waals surface area contributed by atoms with Crippen LogP contribution < -0.4 is 5.32 Å². The molecular formula is C17H23N3S. The van der Waals surface area contributed by atoms with E-state index in [1.807, 2.05) is 11.3 Å². The van der Waals surface area contributed by atoms with Gasteiger partial charge in [-0.1, -0.05) is 6.92 Å². The first-order chi connectivity index (χ1) is 10.2. The molecule has 0 radical (unpaired) electrons. The fourth-order valence-electron chi connectivity index (χ4n) is 3.01. The first kappa shape index (κ1) is 14.7. The molecule has 0 amide bonds. The zero-order valence-electron chi connectivity index (χ0n) is 13.1. The van der Waals surface area contributed by atoms with Crippen molar-refractivity contribution in [2.45, 2.75) is 52.5 Å². The summed E-state index contributed by atoms with van der Waals surface area (Å²) < 4.78 is 0. The fourth-order valence-corrected chi connectivity index (χ4v) is 4.22. The topological polar surface area (TPSA) is 37.8 Å². The maximum absolute atomic E-state index is 4.91. The summed E-state index contributed by atoms with van der Waals surface area (Å²) in [5.41, 5.74) is 4.66. The van der Waals surface area contributed by atoms with Crippen molar-refractivity contribution in [2.75, 3.05) is 6.54 Å². The Kier molecular flexibility index (Phi) is 4.36. The monoisotopic (exact) mass is 301 g/mol. The van der Waals surface area contributed by atoms with Crippen LogP contribution in [0.2, 0.25) is 0 Å². The molecule has 1 aliphatic carbocycles. The highest BCUT2D eigenvalue weighted by Gasteiger charge is 2.24. The van der Waals surface area contributed by atoms with Gasteiger partial charge in [-0.15, -0.1) is 11.3 Å². The molecule has 4 heteroatoms. The van der Waals surface area contributed by atoms with E-state index < -0.39 is 0 Å². The van der Waals surface area contributed by atoms with Gasteiger partial charge in [0.1, 0.15) is 5.01 Å². The number of nitrogens with one attached hydrogen (secondary N) is 1. The van der Waals surface area contributed by atoms with Crippen molar-refractivity contribution in [3.8, 4) is 10.6 Å². The van der Waals surface area contributed by atoms with Crippen molar-refractivity contribution in [3.63, 3.8) is 0 Å². The number of fused-ring (bicyclic) bond motifs is 1. The van der Waals surface area contributed by atoms with E-state index in [1.54, 1.807) is 0 Å². The molecule has 1 atom stereocenters. The van der Waals surface area contributed by atoms with Gasteiger partial charge in [-0.3, -0.25) is 4.98 Å². The minimum Gasteiger partial charge on any atom is -0.309 e. The highest BCUT2D eigenvalue weighted by molar-refractivity contribution is 7.15. The summed E-state index contributed by atoms with van der Waals surface area (Å²) in [7, 11) is 0. The van der Waals surface area contributed by atoms with Crippen molar-refractivity contribution in [1.82, 2.24) is 15.3 Å². The summed E-state index contributed by atoms with van der Waals surface area (Å²) >= 11 is 1.86. The number of pyridine rings is 1. The third kappa shape index (κ3) is 3.16. The van der Waals surface area contributed by atoms with Gasteiger partial charge in [0.15, 0.2) is 0 Å². The summed E-state index contributed by atoms with van der Waals surface area (Å²) in [5.74, 6) is 0. The normalized spacial score (nSPS) is 17.8. The van der Waals surface area contributed by atoms with Gasteiger partial charge in [-0.05, 0) is 58.2 Å². The number of thiazole rings is 1. The van der Waals surface area contributed by atoms with Gasteiger partial charge in [-0.2, -0.15) is 0 Å². The van der Waals surface area contributed by atoms with E-state index in [9.17, 15) is 0 Å². The Balaban J connectivity index is 1.93. The molecule has 0 spiro atoms. The van der Waals surface area contributed by atoms with Gasteiger partial charge in [0, 0.05) is 27.9 Å². The molecule has 2 aromatic heterocycles. The lowest BCUT2D eigenvalue weighted by Crippen LogP contribution is -2.24. The van der Waals surface area contributed by atoms with Gasteiger partial charge in [-0.25, -0.2) is 4.98 Å². The number of nitrogens with zero attached hydrogens (tertiary/aromatic N) is 2. The van der Waals surface area contributed by atoms with Crippen LogP contribution in [0.25, 0.3) is 10.6 Å². The smallest absolute Gasteiger partial charge is 0.124 e. The van der Waals surface area contributed by atoms with E-state index in [0.717, 1.165) is 29.4 Å². The molecule has 2 aromatic rings. The third-order valence-electron chi connectivity index (χ3n) is 3.92. The van der Waals surface area contributed by atoms with Crippen molar-refractivity contribution in [2.24, 2.45) is 0 Å². The number of aryl methyl sites for hydroxylation is 3. The van der Waals surface area contributed by atoms with E-state index in [2.05, 4.69) is 43.2 Å². The number of hydrogen-bond acceptors (Lipinski definition) is 4. The van der Waals surface area contributed by atoms with E-state index in [4.69, 9.17) is 4.98 Å². The van der Waals surface area contributed by atoms with E-state index >= 15 is 0 Å². The minimum atomic E-state index is 0.504. The molecular weight excluding hydrogens is 278 g/mol. The Morgan fingerprint density at radius 3 is 2.71 bits per heavy atom. The summed E-state index contributed by atoms with van der Waals surface area (Å²) in [6, 6.07) is 4.79. The molecule has 0 saturated carbocycles. The van der Waals surface area contributed by atoms with Gasteiger partial charge in [0.2, 0.25) is 0 Å². The Labute approximate surface area is 130 Å². The van der Waals surface area contributed by atoms with Crippen LogP contribution in [0.15, 0.2) is 12.1 Å². The molecule has 21 heavy (non-hydrogen) atoms. The molecule has 0 fully saturated rings. The summed E-state index contributed by atoms with van der Waals surface area (Å²) in [5, 5.41) is 4.82. The average molecular weight is 301 g/mol. The molecule has 1 N–H and O–H groups in total. The predicted octanol–water partition coefficient (Wildman–Crippen LogP) is 4.20. The van der Waals surface area contributed by atoms with Crippen molar-refractivity contribution in [1.29, 1.82) is 0 Å². The van der Waals surface area contributed by atoms with Gasteiger partial charge < -0.3 is 5.32 Å². The Morgan fingerprint density at radius 1 is 1.24 bits per heavy atom. The fraction of sp³-hybridized carbons (Fsp3) is 0.529. The van der Waals surface area contributed by atoms with Gasteiger partial charge in [0.05, 0.1) is 5.69 Å². The van der Waals surface area contributed by atoms with Crippen LogP contribution >= 0.6 is 11.3 Å². The Hall–Kier alpha value is -1.26. The second-order valence-corrected chi connectivity index (χ2v) is 6.90. The zero-order valence-corrected chi connectivity index (χ0v) is 13.9. The van der Waals surface area contributed by atoms with Crippen LogP contribution in [0.3, 0.4) is 0 Å². The molecule has 3 rings (SSSR count). The first-order valence-electron chi connectivity index (χ1n) is 7.86. The van der Waals surface area contributed by atoms with Crippen LogP contribution in [-0.4, -0.2) is 16.5 Å². The Bertz CT molecular complexity index is 613. The third-order valence-corrected chi connectivity index (χ3v) is 5.18. The largest absolute Gasteiger partial charge is 0.309 e. The summed E-state index contributed by atoms with van der Waals surface area (Å²) in [4.78, 5) is 10.8. The number of aromatic nitrogens is 2. The molecule has 0 bridgehead atoms. The molecule has 0 aromatic carbocycles. The van der Waals surface area contributed by atoms with Crippen molar-refractivity contribution < 1.29 is 0 Å². The average Bonchev–Trinajstić information content (AvgIpc) is 2.88. The van der Waals surface area contributed by atoms with Crippen molar-refractivity contribution >= 4 is 11.3 Å². The second-order valence-electron chi connectivity index (χ2n) is 5.87. The van der Waals surface area contributed by atoms with Gasteiger partial charge in [0.25, 0.3) is 0 Å². The Morgan fingerprint density at radius 2 is 2.00 bits per heavy atom. The molecule has 3 nitrogen and oxygen atoms in total. The van der Waals surface area contributed by atoms with Crippen molar-refractivity contribution in [3.05, 3.63) is 34.1 Å². The second kappa shape index (κ2) is 6.24. The standard InChI is InChI=1S/C17H23N3S/c1-4-8-18-14-6-5-7-15-16(14)21-17(20-15)13-9-11(2)19-12(3)10-13/h9-10,14,18H,4-8H2,1-3H3. The highest BCUT2D eigenvalue weighted by Crippen LogP contribution is 2.38. The maximum atomic E-state index is 4.91. The van der Waals surface area contributed by atoms with Crippen LogP contribution in [0, 0.1) is 13.8 Å². The van der Waals surface area contributed by atoms with E-state index in [1.165, 1.54) is 35.4 Å². The lowest BCUT2D eigenvalue weighted by atomic mass is 9.98. The van der Waals surface area contributed by atoms with Crippen LogP contribution in [0.4, 0.5) is 0 Å². The van der Waals surface area contributed by atoms with Crippen LogP contribution in [-0.2, 0) is 6.42 Å². The molecule has 112 valence electrons. The molecule has 0 saturated heterocycles. The molecule has 2 heterocycles. The highest BCUT2D eigenvalue weighted by atomic mass is 32.1. The van der Waals surface area contributed by atoms with Gasteiger partial charge >= 0.3 is 0 Å². The zero-order chi connectivity index (χ0) is 14.8. The summed E-state index contributed by atoms with van der Waals surface area (Å²) in [6.45, 7) is 7.41. The lowest BCUT2D eigenvalue weighted by Gasteiger charge is -2.22. The van der Waals surface area contributed by atoms with E-state index in [-0.39, 0.29) is 0 Å². The maximum Gasteiger partial charge on any atom is 0.124 e. The lowest BCUT2D eigenvalue weighted by molar-refractivity contribution is 0.465. The number of hydrogen-bond donors (Lipinski definition) is 1. The van der Waals surface area contributed by atoms with Crippen LogP contribution in [0.1, 0.15) is 54.2 Å². The van der Waals surface area contributed by atoms with E-state index in [0.29, 0.717) is 6.04 Å². The molecule has 1 aliphatic rings. The minimum absolute atomic E-state index is 0.504. The number of rotatable bonds is 4.